The Morgan fingerprint density at radius 3 is 2.78 bits per heavy atom. The highest BCUT2D eigenvalue weighted by molar-refractivity contribution is 7.18. The number of hydrogen-bond acceptors (Lipinski definition) is 4. The summed E-state index contributed by atoms with van der Waals surface area (Å²) in [7, 11) is 0. The van der Waals surface area contributed by atoms with Crippen LogP contribution in [0.4, 0.5) is 5.13 Å². The van der Waals surface area contributed by atoms with Crippen molar-refractivity contribution in [3.63, 3.8) is 0 Å². The lowest BCUT2D eigenvalue weighted by Crippen LogP contribution is -2.08. The van der Waals surface area contributed by atoms with Crippen molar-refractivity contribution in [3.05, 3.63) is 28.2 Å². The molecule has 0 aliphatic heterocycles. The fourth-order valence-corrected chi connectivity index (χ4v) is 2.28. The lowest BCUT2D eigenvalue weighted by molar-refractivity contribution is -0.115. The molecule has 0 saturated carbocycles. The van der Waals surface area contributed by atoms with E-state index >= 15 is 0 Å². The van der Waals surface area contributed by atoms with E-state index in [4.69, 9.17) is 23.2 Å². The van der Waals surface area contributed by atoms with Gasteiger partial charge in [-0.3, -0.25) is 4.79 Å². The molecule has 18 heavy (non-hydrogen) atoms. The normalized spacial score (nSPS) is 10.4. The minimum absolute atomic E-state index is 0.0909. The smallest absolute Gasteiger partial charge is 0.225 e. The van der Waals surface area contributed by atoms with E-state index in [1.807, 2.05) is 0 Å². The molecule has 1 aromatic carbocycles. The van der Waals surface area contributed by atoms with Crippen molar-refractivity contribution in [1.29, 1.82) is 0 Å². The van der Waals surface area contributed by atoms with Crippen molar-refractivity contribution in [1.82, 2.24) is 10.2 Å². The van der Waals surface area contributed by atoms with Crippen molar-refractivity contribution < 1.29 is 4.79 Å². The van der Waals surface area contributed by atoms with Gasteiger partial charge in [0.05, 0.1) is 10.0 Å². The Labute approximate surface area is 118 Å². The monoisotopic (exact) mass is 301 g/mol. The Hall–Kier alpha value is -1.17. The topological polar surface area (TPSA) is 54.9 Å². The molecule has 0 saturated heterocycles. The molecule has 1 aromatic heterocycles. The first-order valence-electron chi connectivity index (χ1n) is 5.19. The number of halogens is 2. The molecule has 0 aliphatic carbocycles. The standard InChI is InChI=1S/C11H9Cl2N3OS/c1-2-9(17)14-11-16-15-10(18-11)6-3-4-7(12)8(13)5-6/h3-5H,2H2,1H3,(H,14,16,17). The van der Waals surface area contributed by atoms with Crippen molar-refractivity contribution >= 4 is 45.6 Å². The molecule has 0 bridgehead atoms. The summed E-state index contributed by atoms with van der Waals surface area (Å²) in [5.41, 5.74) is 0.818. The molecule has 0 fully saturated rings. The van der Waals surface area contributed by atoms with E-state index in [9.17, 15) is 4.79 Å². The predicted octanol–water partition coefficient (Wildman–Crippen LogP) is 3.86. The number of carbonyl (C=O) groups is 1. The minimum Gasteiger partial charge on any atom is -0.301 e. The number of carbonyl (C=O) groups excluding carboxylic acids is 1. The predicted molar refractivity (Wildman–Crippen MR) is 74.3 cm³/mol. The molecule has 0 atom stereocenters. The number of aromatic nitrogens is 2. The van der Waals surface area contributed by atoms with E-state index in [2.05, 4.69) is 15.5 Å². The molecule has 0 radical (unpaired) electrons. The lowest BCUT2D eigenvalue weighted by atomic mass is 10.2. The van der Waals surface area contributed by atoms with Gasteiger partial charge in [-0.1, -0.05) is 47.5 Å². The maximum Gasteiger partial charge on any atom is 0.225 e. The van der Waals surface area contributed by atoms with Crippen molar-refractivity contribution in [3.8, 4) is 10.6 Å². The van der Waals surface area contributed by atoms with Crippen molar-refractivity contribution in [2.24, 2.45) is 0 Å². The van der Waals surface area contributed by atoms with Crippen LogP contribution in [0, 0.1) is 0 Å². The Morgan fingerprint density at radius 1 is 1.33 bits per heavy atom. The van der Waals surface area contributed by atoms with Gasteiger partial charge >= 0.3 is 0 Å². The van der Waals surface area contributed by atoms with Gasteiger partial charge in [-0.15, -0.1) is 10.2 Å². The summed E-state index contributed by atoms with van der Waals surface area (Å²) >= 11 is 13.1. The van der Waals surface area contributed by atoms with Gasteiger partial charge in [0, 0.05) is 12.0 Å². The van der Waals surface area contributed by atoms with Gasteiger partial charge in [0.2, 0.25) is 11.0 Å². The number of nitrogens with zero attached hydrogens (tertiary/aromatic N) is 2. The zero-order valence-electron chi connectivity index (χ0n) is 9.41. The highest BCUT2D eigenvalue weighted by Gasteiger charge is 2.09. The SMILES string of the molecule is CCC(=O)Nc1nnc(-c2ccc(Cl)c(Cl)c2)s1. The van der Waals surface area contributed by atoms with Crippen LogP contribution in [0.25, 0.3) is 10.6 Å². The Kier molecular flexibility index (Phi) is 4.16. The summed E-state index contributed by atoms with van der Waals surface area (Å²) in [6.07, 6.45) is 0.404. The molecule has 1 N–H and O–H groups in total. The molecular formula is C11H9Cl2N3OS. The number of nitrogens with one attached hydrogen (secondary N) is 1. The summed E-state index contributed by atoms with van der Waals surface area (Å²) in [6.45, 7) is 1.77. The molecule has 0 unspecified atom stereocenters. The van der Waals surface area contributed by atoms with Crippen LogP contribution in [0.1, 0.15) is 13.3 Å². The third-order valence-corrected chi connectivity index (χ3v) is 3.79. The summed E-state index contributed by atoms with van der Waals surface area (Å²) in [6, 6.07) is 5.22. The van der Waals surface area contributed by atoms with E-state index in [1.54, 1.807) is 25.1 Å². The van der Waals surface area contributed by atoms with Crippen molar-refractivity contribution in [2.75, 3.05) is 5.32 Å². The van der Waals surface area contributed by atoms with Crippen LogP contribution < -0.4 is 5.32 Å². The highest BCUT2D eigenvalue weighted by atomic mass is 35.5. The summed E-state index contributed by atoms with van der Waals surface area (Å²) < 4.78 is 0. The second-order valence-corrected chi connectivity index (χ2v) is 5.23. The molecule has 2 aromatic rings. The molecule has 0 aliphatic rings. The summed E-state index contributed by atoms with van der Waals surface area (Å²) in [5, 5.41) is 12.7. The molecule has 0 spiro atoms. The fourth-order valence-electron chi connectivity index (χ4n) is 1.23. The first-order valence-corrected chi connectivity index (χ1v) is 6.76. The number of benzene rings is 1. The molecule has 4 nitrogen and oxygen atoms in total. The molecule has 2 rings (SSSR count). The quantitative estimate of drug-likeness (QED) is 0.936. The number of anilines is 1. The maximum absolute atomic E-state index is 11.2. The van der Waals surface area contributed by atoms with E-state index < -0.39 is 0 Å². The van der Waals surface area contributed by atoms with E-state index in [0.29, 0.717) is 26.6 Å². The number of amides is 1. The Bertz CT molecular complexity index is 585. The minimum atomic E-state index is -0.0909. The molecule has 7 heteroatoms. The van der Waals surface area contributed by atoms with Crippen LogP contribution in [0.2, 0.25) is 10.0 Å². The van der Waals surface area contributed by atoms with Gasteiger partial charge < -0.3 is 5.32 Å². The molecular weight excluding hydrogens is 293 g/mol. The van der Waals surface area contributed by atoms with Gasteiger partial charge in [0.1, 0.15) is 5.01 Å². The van der Waals surface area contributed by atoms with Crippen LogP contribution in [0.3, 0.4) is 0 Å². The number of rotatable bonds is 3. The zero-order valence-corrected chi connectivity index (χ0v) is 11.7. The Morgan fingerprint density at radius 2 is 2.11 bits per heavy atom. The largest absolute Gasteiger partial charge is 0.301 e. The van der Waals surface area contributed by atoms with Gasteiger partial charge in [0.25, 0.3) is 0 Å². The fraction of sp³-hybridized carbons (Fsp3) is 0.182. The summed E-state index contributed by atoms with van der Waals surface area (Å²) in [5.74, 6) is -0.0909. The molecule has 1 heterocycles. The third-order valence-electron chi connectivity index (χ3n) is 2.16. The van der Waals surface area contributed by atoms with Gasteiger partial charge in [-0.2, -0.15) is 0 Å². The van der Waals surface area contributed by atoms with Gasteiger partial charge in [0.15, 0.2) is 0 Å². The average molecular weight is 302 g/mol. The van der Waals surface area contributed by atoms with Crippen LogP contribution in [0.15, 0.2) is 18.2 Å². The van der Waals surface area contributed by atoms with Crippen molar-refractivity contribution in [2.45, 2.75) is 13.3 Å². The first-order chi connectivity index (χ1) is 8.60. The summed E-state index contributed by atoms with van der Waals surface area (Å²) in [4.78, 5) is 11.2. The second kappa shape index (κ2) is 5.65. The molecule has 1 amide bonds. The lowest BCUT2D eigenvalue weighted by Gasteiger charge is -1.98. The zero-order chi connectivity index (χ0) is 13.1. The average Bonchev–Trinajstić information content (AvgIpc) is 2.81. The van der Waals surface area contributed by atoms with Crippen LogP contribution >= 0.6 is 34.5 Å². The highest BCUT2D eigenvalue weighted by Crippen LogP contribution is 2.31. The third kappa shape index (κ3) is 2.98. The maximum atomic E-state index is 11.2. The first kappa shape index (κ1) is 13.3. The van der Waals surface area contributed by atoms with Crippen LogP contribution in [0.5, 0.6) is 0 Å². The van der Waals surface area contributed by atoms with Crippen LogP contribution in [-0.2, 0) is 4.79 Å². The van der Waals surface area contributed by atoms with Crippen LogP contribution in [-0.4, -0.2) is 16.1 Å². The molecule has 94 valence electrons. The number of hydrogen-bond donors (Lipinski definition) is 1. The van der Waals surface area contributed by atoms with E-state index in [0.717, 1.165) is 5.56 Å². The van der Waals surface area contributed by atoms with Gasteiger partial charge in [-0.05, 0) is 12.1 Å². The van der Waals surface area contributed by atoms with E-state index in [-0.39, 0.29) is 5.91 Å². The van der Waals surface area contributed by atoms with E-state index in [1.165, 1.54) is 11.3 Å². The second-order valence-electron chi connectivity index (χ2n) is 3.44. The Balaban J connectivity index is 2.23. The van der Waals surface area contributed by atoms with Gasteiger partial charge in [-0.25, -0.2) is 0 Å².